The maximum Gasteiger partial charge on any atom is 0.355 e. The van der Waals surface area contributed by atoms with Gasteiger partial charge < -0.3 is 9.84 Å². The van der Waals surface area contributed by atoms with E-state index in [-0.39, 0.29) is 18.3 Å². The first-order valence-electron chi connectivity index (χ1n) is 4.85. The van der Waals surface area contributed by atoms with Gasteiger partial charge in [-0.2, -0.15) is 0 Å². The minimum atomic E-state index is -1.18. The van der Waals surface area contributed by atoms with Crippen molar-refractivity contribution in [3.05, 3.63) is 11.9 Å². The van der Waals surface area contributed by atoms with Crippen molar-refractivity contribution in [1.29, 1.82) is 0 Å². The van der Waals surface area contributed by atoms with Gasteiger partial charge in [-0.15, -0.1) is 5.10 Å². The third-order valence-corrected chi connectivity index (χ3v) is 2.02. The molecule has 1 rings (SSSR count). The number of aromatic nitrogens is 3. The third kappa shape index (κ3) is 3.04. The van der Waals surface area contributed by atoms with Crippen LogP contribution in [0.1, 0.15) is 30.8 Å². The lowest BCUT2D eigenvalue weighted by atomic mass is 10.3. The van der Waals surface area contributed by atoms with E-state index >= 15 is 0 Å². The predicted molar refractivity (Wildman–Crippen MR) is 52.8 cm³/mol. The highest BCUT2D eigenvalue weighted by atomic mass is 16.5. The van der Waals surface area contributed by atoms with E-state index in [0.717, 1.165) is 10.9 Å². The fourth-order valence-corrected chi connectivity index (χ4v) is 1.01. The van der Waals surface area contributed by atoms with Gasteiger partial charge in [-0.3, -0.25) is 4.79 Å². The zero-order valence-corrected chi connectivity index (χ0v) is 9.08. The van der Waals surface area contributed by atoms with E-state index < -0.39 is 11.9 Å². The van der Waals surface area contributed by atoms with Crippen molar-refractivity contribution in [1.82, 2.24) is 15.0 Å². The molecular formula is C9H13N3O4. The van der Waals surface area contributed by atoms with Crippen LogP contribution in [0.4, 0.5) is 0 Å². The van der Waals surface area contributed by atoms with Crippen molar-refractivity contribution in [2.24, 2.45) is 0 Å². The molecule has 1 heterocycles. The molecule has 1 N–H and O–H groups in total. The minimum Gasteiger partial charge on any atom is -0.476 e. The van der Waals surface area contributed by atoms with Crippen LogP contribution in [0.15, 0.2) is 6.20 Å². The van der Waals surface area contributed by atoms with Gasteiger partial charge in [-0.25, -0.2) is 9.48 Å². The molecule has 7 heteroatoms. The van der Waals surface area contributed by atoms with Crippen LogP contribution in [-0.2, 0) is 16.1 Å². The largest absolute Gasteiger partial charge is 0.476 e. The Balaban J connectivity index is 2.63. The monoisotopic (exact) mass is 227 g/mol. The molecule has 0 aliphatic rings. The number of esters is 1. The molecule has 0 amide bonds. The summed E-state index contributed by atoms with van der Waals surface area (Å²) in [6.07, 6.45) is 1.60. The van der Waals surface area contributed by atoms with Gasteiger partial charge in [0.05, 0.1) is 12.3 Å². The number of aromatic carboxylic acids is 1. The van der Waals surface area contributed by atoms with Gasteiger partial charge >= 0.3 is 11.9 Å². The summed E-state index contributed by atoms with van der Waals surface area (Å²) in [4.78, 5) is 22.0. The van der Waals surface area contributed by atoms with Gasteiger partial charge in [0.1, 0.15) is 6.54 Å². The quantitative estimate of drug-likeness (QED) is 0.728. The first kappa shape index (κ1) is 12.2. The molecule has 0 saturated carbocycles. The summed E-state index contributed by atoms with van der Waals surface area (Å²) < 4.78 is 5.98. The van der Waals surface area contributed by atoms with E-state index in [1.807, 2.05) is 6.92 Å². The highest BCUT2D eigenvalue weighted by Crippen LogP contribution is 2.00. The van der Waals surface area contributed by atoms with Crippen LogP contribution in [0.5, 0.6) is 0 Å². The van der Waals surface area contributed by atoms with Crippen LogP contribution in [0.3, 0.4) is 0 Å². The van der Waals surface area contributed by atoms with E-state index in [1.165, 1.54) is 0 Å². The van der Waals surface area contributed by atoms with Crippen LogP contribution in [0.2, 0.25) is 0 Å². The second-order valence-electron chi connectivity index (χ2n) is 3.29. The Morgan fingerprint density at radius 1 is 1.62 bits per heavy atom. The highest BCUT2D eigenvalue weighted by molar-refractivity contribution is 5.85. The van der Waals surface area contributed by atoms with Gasteiger partial charge in [-0.1, -0.05) is 12.1 Å². The van der Waals surface area contributed by atoms with Crippen molar-refractivity contribution < 1.29 is 19.4 Å². The fourth-order valence-electron chi connectivity index (χ4n) is 1.01. The lowest BCUT2D eigenvalue weighted by Gasteiger charge is -2.10. The van der Waals surface area contributed by atoms with Crippen LogP contribution in [0, 0.1) is 0 Å². The summed E-state index contributed by atoms with van der Waals surface area (Å²) in [5, 5.41) is 15.7. The van der Waals surface area contributed by atoms with Crippen molar-refractivity contribution in [3.8, 4) is 0 Å². The Kier molecular flexibility index (Phi) is 3.98. The van der Waals surface area contributed by atoms with Crippen molar-refractivity contribution in [3.63, 3.8) is 0 Å². The molecule has 0 spiro atoms. The number of hydrogen-bond acceptors (Lipinski definition) is 5. The zero-order valence-electron chi connectivity index (χ0n) is 9.08. The standard InChI is InChI=1S/C9H13N3O4/c1-3-6(2)16-8(13)5-12-7(9(14)15)4-10-11-12/h4,6H,3,5H2,1-2H3,(H,14,15). The second-order valence-corrected chi connectivity index (χ2v) is 3.29. The number of carbonyl (C=O) groups excluding carboxylic acids is 1. The predicted octanol–water partition coefficient (Wildman–Crippen LogP) is 0.318. The Morgan fingerprint density at radius 3 is 2.88 bits per heavy atom. The molecule has 7 nitrogen and oxygen atoms in total. The molecule has 0 aliphatic heterocycles. The minimum absolute atomic E-state index is 0.138. The Hall–Kier alpha value is -1.92. The summed E-state index contributed by atoms with van der Waals surface area (Å²) in [6, 6.07) is 0. The molecule has 0 bridgehead atoms. The maximum absolute atomic E-state index is 11.4. The van der Waals surface area contributed by atoms with E-state index in [4.69, 9.17) is 9.84 Å². The lowest BCUT2D eigenvalue weighted by molar-refractivity contribution is -0.149. The molecular weight excluding hydrogens is 214 g/mol. The van der Waals surface area contributed by atoms with Crippen LogP contribution < -0.4 is 0 Å². The molecule has 0 radical (unpaired) electrons. The number of carbonyl (C=O) groups is 2. The molecule has 88 valence electrons. The van der Waals surface area contributed by atoms with Gasteiger partial charge in [0, 0.05) is 0 Å². The van der Waals surface area contributed by atoms with E-state index in [1.54, 1.807) is 6.92 Å². The van der Waals surface area contributed by atoms with Gasteiger partial charge in [0.25, 0.3) is 0 Å². The maximum atomic E-state index is 11.4. The Bertz CT molecular complexity index is 388. The number of rotatable bonds is 5. The van der Waals surface area contributed by atoms with Crippen LogP contribution in [0.25, 0.3) is 0 Å². The van der Waals surface area contributed by atoms with Gasteiger partial charge in [0.2, 0.25) is 0 Å². The van der Waals surface area contributed by atoms with E-state index in [9.17, 15) is 9.59 Å². The van der Waals surface area contributed by atoms with E-state index in [2.05, 4.69) is 10.3 Å². The van der Waals surface area contributed by atoms with Crippen LogP contribution in [-0.4, -0.2) is 38.1 Å². The Morgan fingerprint density at radius 2 is 2.31 bits per heavy atom. The third-order valence-electron chi connectivity index (χ3n) is 2.02. The number of hydrogen-bond donors (Lipinski definition) is 1. The molecule has 1 unspecified atom stereocenters. The first-order valence-corrected chi connectivity index (χ1v) is 4.85. The molecule has 0 aromatic carbocycles. The summed E-state index contributed by atoms with van der Waals surface area (Å²) in [7, 11) is 0. The average molecular weight is 227 g/mol. The molecule has 16 heavy (non-hydrogen) atoms. The van der Waals surface area contributed by atoms with Crippen molar-refractivity contribution in [2.45, 2.75) is 32.9 Å². The number of carboxylic acids is 1. The highest BCUT2D eigenvalue weighted by Gasteiger charge is 2.16. The van der Waals surface area contributed by atoms with Crippen molar-refractivity contribution >= 4 is 11.9 Å². The van der Waals surface area contributed by atoms with Crippen LogP contribution >= 0.6 is 0 Å². The normalized spacial score (nSPS) is 12.1. The topological polar surface area (TPSA) is 94.3 Å². The zero-order chi connectivity index (χ0) is 12.1. The number of nitrogens with zero attached hydrogens (tertiary/aromatic N) is 3. The molecule has 0 fully saturated rings. The molecule has 0 saturated heterocycles. The summed E-state index contributed by atoms with van der Waals surface area (Å²) >= 11 is 0. The first-order chi connectivity index (χ1) is 7.54. The SMILES string of the molecule is CCC(C)OC(=O)Cn1nncc1C(=O)O. The van der Waals surface area contributed by atoms with E-state index in [0.29, 0.717) is 6.42 Å². The van der Waals surface area contributed by atoms with Gasteiger partial charge in [-0.05, 0) is 13.3 Å². The second kappa shape index (κ2) is 5.24. The molecule has 1 atom stereocenters. The Labute approximate surface area is 92.0 Å². The average Bonchev–Trinajstić information content (AvgIpc) is 2.65. The molecule has 1 aromatic heterocycles. The van der Waals surface area contributed by atoms with Gasteiger partial charge in [0.15, 0.2) is 5.69 Å². The molecule has 1 aromatic rings. The number of ether oxygens (including phenoxy) is 1. The fraction of sp³-hybridized carbons (Fsp3) is 0.556. The summed E-state index contributed by atoms with van der Waals surface area (Å²) in [5.74, 6) is -1.70. The number of carboxylic acid groups (broad SMARTS) is 1. The molecule has 0 aliphatic carbocycles. The lowest BCUT2D eigenvalue weighted by Crippen LogP contribution is -2.22. The summed E-state index contributed by atoms with van der Waals surface area (Å²) in [5.41, 5.74) is -0.138. The van der Waals surface area contributed by atoms with Crippen molar-refractivity contribution in [2.75, 3.05) is 0 Å². The summed E-state index contributed by atoms with van der Waals surface area (Å²) in [6.45, 7) is 3.40. The smallest absolute Gasteiger partial charge is 0.355 e.